The molecule has 0 atom stereocenters. The number of aromatic nitrogens is 3. The summed E-state index contributed by atoms with van der Waals surface area (Å²) in [6.07, 6.45) is 3.14. The van der Waals surface area contributed by atoms with Crippen molar-refractivity contribution in [3.63, 3.8) is 0 Å². The first-order chi connectivity index (χ1) is 18.5. The van der Waals surface area contributed by atoms with Gasteiger partial charge in [0.25, 0.3) is 0 Å². The van der Waals surface area contributed by atoms with Crippen LogP contribution >= 0.6 is 0 Å². The minimum Gasteiger partial charge on any atom is -0.340 e. The number of pyridine rings is 2. The molecule has 0 bridgehead atoms. The normalized spacial score (nSPS) is 14.9. The summed E-state index contributed by atoms with van der Waals surface area (Å²) in [6, 6.07) is 12.6. The first kappa shape index (κ1) is 25.2. The first-order valence-corrected chi connectivity index (χ1v) is 14.1. The van der Waals surface area contributed by atoms with Crippen molar-refractivity contribution in [3.05, 3.63) is 70.1 Å². The summed E-state index contributed by atoms with van der Waals surface area (Å²) in [7, 11) is -2.91. The van der Waals surface area contributed by atoms with E-state index in [1.54, 1.807) is 12.1 Å². The zero-order chi connectivity index (χ0) is 27.6. The van der Waals surface area contributed by atoms with Crippen LogP contribution in [0.15, 0.2) is 58.5 Å². The highest BCUT2D eigenvalue weighted by Crippen LogP contribution is 2.36. The van der Waals surface area contributed by atoms with Crippen LogP contribution in [-0.4, -0.2) is 48.0 Å². The highest BCUT2D eigenvalue weighted by Gasteiger charge is 2.29. The molecule has 2 aromatic carbocycles. The largest absolute Gasteiger partial charge is 0.340 e. The van der Waals surface area contributed by atoms with Crippen molar-refractivity contribution in [3.8, 4) is 17.2 Å². The zero-order valence-electron chi connectivity index (χ0n) is 21.7. The maximum Gasteiger partial charge on any atom is 0.333 e. The summed E-state index contributed by atoms with van der Waals surface area (Å²) in [5, 5.41) is 11.3. The lowest BCUT2D eigenvalue weighted by Crippen LogP contribution is -2.45. The smallest absolute Gasteiger partial charge is 0.333 e. The lowest BCUT2D eigenvalue weighted by atomic mass is 9.91. The molecule has 0 aliphatic carbocycles. The van der Waals surface area contributed by atoms with Crippen LogP contribution in [0.5, 0.6) is 0 Å². The number of H-pyrrole nitrogens is 1. The van der Waals surface area contributed by atoms with E-state index >= 15 is 0 Å². The van der Waals surface area contributed by atoms with E-state index < -0.39 is 15.1 Å². The molecule has 198 valence electrons. The minimum atomic E-state index is -4.94. The molecule has 1 fully saturated rings. The summed E-state index contributed by atoms with van der Waals surface area (Å²) in [5.41, 5.74) is 4.50. The fraction of sp³-hybridized carbons (Fsp3) is 0.276. The number of fused-ring (bicyclic) bond motifs is 4. The standard InChI is InChI=1S/C29H26FN5O3S/c1-16(2)6-18-9-24-26(10-23(18)19-8-21(13-32-12-19)39(30,37)38)35(20-14-34(3)15-20)29-27(28(24)36)22-5-4-17(11-31)7-25(22)33-29/h4-5,7-10,12-13,16,20,33H,6,14-15H2,1-3H3. The number of aromatic amines is 1. The molecule has 5 aromatic rings. The van der Waals surface area contributed by atoms with Gasteiger partial charge >= 0.3 is 10.2 Å². The number of likely N-dealkylation sites (N-methyl/N-ethyl adjacent to an activating group) is 1. The van der Waals surface area contributed by atoms with Crippen LogP contribution in [-0.2, 0) is 16.6 Å². The molecule has 0 radical (unpaired) electrons. The van der Waals surface area contributed by atoms with E-state index in [2.05, 4.69) is 39.4 Å². The molecular formula is C29H26FN5O3S. The van der Waals surface area contributed by atoms with Crippen LogP contribution in [0.1, 0.15) is 31.0 Å². The third kappa shape index (κ3) is 4.18. The fourth-order valence-corrected chi connectivity index (χ4v) is 6.17. The van der Waals surface area contributed by atoms with Gasteiger partial charge in [-0.1, -0.05) is 19.9 Å². The Balaban J connectivity index is 1.74. The zero-order valence-corrected chi connectivity index (χ0v) is 22.5. The van der Waals surface area contributed by atoms with Gasteiger partial charge in [0.15, 0.2) is 5.43 Å². The molecule has 1 N–H and O–H groups in total. The number of halogens is 1. The maximum absolute atomic E-state index is 14.1. The second kappa shape index (κ2) is 9.00. The van der Waals surface area contributed by atoms with Gasteiger partial charge in [0.05, 0.1) is 28.6 Å². The molecule has 0 unspecified atom stereocenters. The summed E-state index contributed by atoms with van der Waals surface area (Å²) >= 11 is 0. The quantitative estimate of drug-likeness (QED) is 0.315. The molecule has 39 heavy (non-hydrogen) atoms. The second-order valence-corrected chi connectivity index (χ2v) is 12.1. The lowest BCUT2D eigenvalue weighted by molar-refractivity contribution is 0.146. The van der Waals surface area contributed by atoms with Crippen LogP contribution in [0.3, 0.4) is 0 Å². The van der Waals surface area contributed by atoms with Crippen molar-refractivity contribution in [1.82, 2.24) is 19.4 Å². The molecule has 0 saturated carbocycles. The predicted molar refractivity (Wildman–Crippen MR) is 149 cm³/mol. The first-order valence-electron chi connectivity index (χ1n) is 12.7. The van der Waals surface area contributed by atoms with Gasteiger partial charge in [-0.05, 0) is 60.8 Å². The minimum absolute atomic E-state index is 0.0866. The summed E-state index contributed by atoms with van der Waals surface area (Å²) in [4.78, 5) is 23.2. The molecule has 10 heteroatoms. The Labute approximate surface area is 224 Å². The van der Waals surface area contributed by atoms with E-state index in [0.717, 1.165) is 30.2 Å². The molecular weight excluding hydrogens is 517 g/mol. The maximum atomic E-state index is 14.1. The van der Waals surface area contributed by atoms with Crippen LogP contribution in [0, 0.1) is 17.2 Å². The number of hydrogen-bond donors (Lipinski definition) is 1. The Hall–Kier alpha value is -4.07. The van der Waals surface area contributed by atoms with Gasteiger partial charge in [0.1, 0.15) is 10.5 Å². The fourth-order valence-electron chi connectivity index (χ4n) is 5.72. The van der Waals surface area contributed by atoms with Crippen molar-refractivity contribution >= 4 is 43.1 Å². The number of rotatable bonds is 5. The third-order valence-corrected chi connectivity index (χ3v) is 8.23. The van der Waals surface area contributed by atoms with E-state index in [1.165, 1.54) is 12.3 Å². The highest BCUT2D eigenvalue weighted by atomic mass is 32.3. The summed E-state index contributed by atoms with van der Waals surface area (Å²) in [6.45, 7) is 5.69. The number of hydrogen-bond acceptors (Lipinski definition) is 6. The highest BCUT2D eigenvalue weighted by molar-refractivity contribution is 7.86. The van der Waals surface area contributed by atoms with Crippen molar-refractivity contribution in [2.24, 2.45) is 5.92 Å². The lowest BCUT2D eigenvalue weighted by Gasteiger charge is -2.39. The van der Waals surface area contributed by atoms with Crippen molar-refractivity contribution in [1.29, 1.82) is 5.26 Å². The number of likely N-dealkylation sites (tertiary alicyclic amines) is 1. The topological polar surface area (TPSA) is 112 Å². The third-order valence-electron chi connectivity index (χ3n) is 7.45. The van der Waals surface area contributed by atoms with Crippen molar-refractivity contribution in [2.45, 2.75) is 31.2 Å². The van der Waals surface area contributed by atoms with Gasteiger partial charge in [-0.25, -0.2) is 0 Å². The molecule has 8 nitrogen and oxygen atoms in total. The van der Waals surface area contributed by atoms with Gasteiger partial charge in [0, 0.05) is 47.3 Å². The number of nitrogens with one attached hydrogen (secondary N) is 1. The summed E-state index contributed by atoms with van der Waals surface area (Å²) in [5.74, 6) is 0.242. The van der Waals surface area contributed by atoms with Crippen LogP contribution in [0.25, 0.3) is 44.0 Å². The van der Waals surface area contributed by atoms with Crippen LogP contribution in [0.2, 0.25) is 0 Å². The Kier molecular flexibility index (Phi) is 5.82. The molecule has 1 saturated heterocycles. The van der Waals surface area contributed by atoms with Crippen LogP contribution in [0.4, 0.5) is 3.89 Å². The number of benzene rings is 2. The summed E-state index contributed by atoms with van der Waals surface area (Å²) < 4.78 is 39.3. The van der Waals surface area contributed by atoms with E-state index in [4.69, 9.17) is 0 Å². The average Bonchev–Trinajstić information content (AvgIpc) is 3.25. The van der Waals surface area contributed by atoms with Gasteiger partial charge in [-0.15, -0.1) is 3.89 Å². The average molecular weight is 544 g/mol. The predicted octanol–water partition coefficient (Wildman–Crippen LogP) is 4.91. The number of nitrogens with zero attached hydrogens (tertiary/aromatic N) is 4. The Morgan fingerprint density at radius 2 is 1.92 bits per heavy atom. The Morgan fingerprint density at radius 3 is 2.59 bits per heavy atom. The molecule has 0 amide bonds. The molecule has 0 spiro atoms. The molecule has 3 aromatic heterocycles. The molecule has 4 heterocycles. The van der Waals surface area contributed by atoms with E-state index in [-0.39, 0.29) is 17.4 Å². The Morgan fingerprint density at radius 1 is 1.15 bits per heavy atom. The van der Waals surface area contributed by atoms with Crippen molar-refractivity contribution in [2.75, 3.05) is 20.1 Å². The molecule has 6 rings (SSSR count). The van der Waals surface area contributed by atoms with E-state index in [9.17, 15) is 22.4 Å². The SMILES string of the molecule is CC(C)Cc1cc2c(=O)c3c4ccc(C#N)cc4[nH]c3n(C3CN(C)C3)c2cc1-c1cncc(S(=O)(=O)F)c1. The number of nitriles is 1. The van der Waals surface area contributed by atoms with Crippen LogP contribution < -0.4 is 5.43 Å². The van der Waals surface area contributed by atoms with Gasteiger partial charge < -0.3 is 14.5 Å². The van der Waals surface area contributed by atoms with Gasteiger partial charge in [0.2, 0.25) is 0 Å². The molecule has 1 aliphatic heterocycles. The second-order valence-electron chi connectivity index (χ2n) is 10.8. The van der Waals surface area contributed by atoms with E-state index in [1.807, 2.05) is 25.2 Å². The van der Waals surface area contributed by atoms with Gasteiger partial charge in [-0.2, -0.15) is 13.7 Å². The van der Waals surface area contributed by atoms with Gasteiger partial charge in [-0.3, -0.25) is 9.78 Å². The monoisotopic (exact) mass is 543 g/mol. The van der Waals surface area contributed by atoms with E-state index in [0.29, 0.717) is 50.6 Å². The van der Waals surface area contributed by atoms with Crippen molar-refractivity contribution < 1.29 is 12.3 Å². The Bertz CT molecular complexity index is 2020. The molecule has 1 aliphatic rings.